The van der Waals surface area contributed by atoms with Gasteiger partial charge in [0.05, 0.1) is 81.4 Å². The average Bonchev–Trinajstić information content (AvgIpc) is 1.58. The zero-order chi connectivity index (χ0) is 78.8. The van der Waals surface area contributed by atoms with Crippen LogP contribution in [0.15, 0.2) is 12.1 Å². The maximum absolute atomic E-state index is 14.2. The first kappa shape index (κ1) is 83.9. The third-order valence-electron chi connectivity index (χ3n) is 21.3. The SMILES string of the molecule is COC[C@@H]1O[C@H](O[C@@H]2OC[C@H]3OC4(OC[C@H](OC(=O)c5c(C)cc(O)cc5O)[C@H]5OCO[C@H]54)O[C@H]3[C@H]2O)[C@H](OC)[C@H](O)[C@H]1O[C@@H]1O[C@H](C)[C@H](OC)[C@H](OCOC(O)C2O[C@]3(C[C@@H](O)[C@H](O[C@H]4C[C@@H](O[C@H]5C[C@](C)([N+](=O)[O-])[C@@H](OC)[C@H](C)O5)[C@H](OC(=O)c5c(C)c(Cl)c(O)c(Cl)c5OC)[C@@H](C)O4)[C@@H](C)O3)OC2C)[C@H]1O. The summed E-state index contributed by atoms with van der Waals surface area (Å²) in [5, 5.41) is 102. The summed E-state index contributed by atoms with van der Waals surface area (Å²) in [6.45, 7) is 10.4. The molecule has 10 fully saturated rings. The molecule has 2 aromatic rings. The van der Waals surface area contributed by atoms with E-state index in [2.05, 4.69) is 0 Å². The van der Waals surface area contributed by atoms with Gasteiger partial charge in [-0.15, -0.1) is 0 Å². The molecule has 2 spiro atoms. The molecule has 10 saturated heterocycles. The molecule has 41 heteroatoms. The zero-order valence-electron chi connectivity index (χ0n) is 61.7. The summed E-state index contributed by atoms with van der Waals surface area (Å²) in [6, 6.07) is 2.28. The van der Waals surface area contributed by atoms with Gasteiger partial charge in [-0.1, -0.05) is 23.2 Å². The maximum atomic E-state index is 14.2. The van der Waals surface area contributed by atoms with Crippen molar-refractivity contribution >= 4 is 35.1 Å². The van der Waals surface area contributed by atoms with Gasteiger partial charge in [0.1, 0.15) is 120 Å². The van der Waals surface area contributed by atoms with Crippen LogP contribution < -0.4 is 4.74 Å². The maximum Gasteiger partial charge on any atom is 0.342 e. The van der Waals surface area contributed by atoms with Crippen molar-refractivity contribution in [3.8, 4) is 23.0 Å². The molecule has 10 heterocycles. The molecule has 614 valence electrons. The molecular formula is C68H95Cl2NO38. The topological polar surface area (TPSA) is 479 Å². The Morgan fingerprint density at radius 3 is 2.05 bits per heavy atom. The number of rotatable bonds is 24. The molecule has 0 saturated carbocycles. The van der Waals surface area contributed by atoms with Crippen molar-refractivity contribution in [3.63, 3.8) is 0 Å². The summed E-state index contributed by atoms with van der Waals surface area (Å²) in [5.74, 6) is -7.43. The van der Waals surface area contributed by atoms with Gasteiger partial charge in [0, 0.05) is 52.8 Å². The number of benzene rings is 2. The van der Waals surface area contributed by atoms with Crippen LogP contribution in [-0.2, 0) is 118 Å². The largest absolute Gasteiger partial charge is 0.508 e. The van der Waals surface area contributed by atoms with Crippen LogP contribution in [-0.4, -0.2) is 328 Å². The molecule has 0 aliphatic carbocycles. The van der Waals surface area contributed by atoms with Crippen LogP contribution in [0.3, 0.4) is 0 Å². The van der Waals surface area contributed by atoms with Crippen molar-refractivity contribution < 1.29 is 179 Å². The number of nitrogens with zero attached hydrogens (tertiary/aromatic N) is 1. The predicted octanol–water partition coefficient (Wildman–Crippen LogP) is 1.08. The minimum absolute atomic E-state index is 0.0735. The van der Waals surface area contributed by atoms with Gasteiger partial charge < -0.3 is 164 Å². The Balaban J connectivity index is 0.644. The van der Waals surface area contributed by atoms with Crippen LogP contribution in [0.2, 0.25) is 10.0 Å². The Kier molecular flexibility index (Phi) is 26.2. The normalized spacial score (nSPS) is 43.2. The Morgan fingerprint density at radius 2 is 1.37 bits per heavy atom. The number of esters is 2. The van der Waals surface area contributed by atoms with Gasteiger partial charge in [0.15, 0.2) is 80.4 Å². The fourth-order valence-electron chi connectivity index (χ4n) is 15.9. The minimum atomic E-state index is -2.00. The van der Waals surface area contributed by atoms with Gasteiger partial charge in [0.25, 0.3) is 11.5 Å². The Hall–Kier alpha value is -4.56. The third-order valence-corrected chi connectivity index (χ3v) is 22.1. The molecule has 8 N–H and O–H groups in total. The minimum Gasteiger partial charge on any atom is -0.508 e. The molecule has 0 radical (unpaired) electrons. The van der Waals surface area contributed by atoms with Crippen LogP contribution in [0.25, 0.3) is 0 Å². The highest BCUT2D eigenvalue weighted by molar-refractivity contribution is 6.39. The molecule has 4 unspecified atom stereocenters. The number of halogens is 2. The van der Waals surface area contributed by atoms with Crippen LogP contribution in [0.5, 0.6) is 23.0 Å². The number of hydrogen-bond donors (Lipinski definition) is 8. The van der Waals surface area contributed by atoms with Gasteiger partial charge in [-0.3, -0.25) is 10.1 Å². The van der Waals surface area contributed by atoms with Crippen LogP contribution >= 0.6 is 23.2 Å². The molecule has 0 bridgehead atoms. The molecule has 2 aromatic carbocycles. The van der Waals surface area contributed by atoms with Crippen molar-refractivity contribution in [1.82, 2.24) is 0 Å². The Labute approximate surface area is 634 Å². The number of aliphatic hydroxyl groups is 5. The Morgan fingerprint density at radius 1 is 0.661 bits per heavy atom. The number of nitro groups is 1. The first-order valence-electron chi connectivity index (χ1n) is 35.4. The van der Waals surface area contributed by atoms with E-state index in [9.17, 15) is 60.6 Å². The molecule has 0 amide bonds. The number of aryl methyl sites for hydroxylation is 1. The lowest BCUT2D eigenvalue weighted by atomic mass is 9.85. The van der Waals surface area contributed by atoms with E-state index in [4.69, 9.17) is 146 Å². The highest BCUT2D eigenvalue weighted by Gasteiger charge is 2.68. The first-order valence-corrected chi connectivity index (χ1v) is 36.1. The number of aromatic hydroxyl groups is 3. The number of hydrogen-bond acceptors (Lipinski definition) is 38. The lowest BCUT2D eigenvalue weighted by Gasteiger charge is -2.48. The van der Waals surface area contributed by atoms with Gasteiger partial charge in [-0.25, -0.2) is 9.59 Å². The summed E-state index contributed by atoms with van der Waals surface area (Å²) >= 11 is 12.7. The van der Waals surface area contributed by atoms with Gasteiger partial charge in [-0.05, 0) is 65.7 Å². The molecular weight excluding hydrogens is 1510 g/mol. The summed E-state index contributed by atoms with van der Waals surface area (Å²) < 4.78 is 157. The summed E-state index contributed by atoms with van der Waals surface area (Å²) in [5.41, 5.74) is -1.78. The quantitative estimate of drug-likeness (QED) is 0.0315. The molecule has 0 aromatic heterocycles. The second-order valence-electron chi connectivity index (χ2n) is 28.5. The number of carbonyl (C=O) groups excluding carboxylic acids is 2. The molecule has 33 atom stereocenters. The van der Waals surface area contributed by atoms with E-state index in [-0.39, 0.29) is 83.3 Å². The van der Waals surface area contributed by atoms with Crippen LogP contribution in [0, 0.1) is 24.0 Å². The van der Waals surface area contributed by atoms with Crippen molar-refractivity contribution in [2.75, 3.05) is 69.0 Å². The fraction of sp³-hybridized carbons (Fsp3) is 0.794. The van der Waals surface area contributed by atoms with Crippen molar-refractivity contribution in [2.24, 2.45) is 0 Å². The van der Waals surface area contributed by atoms with Crippen molar-refractivity contribution in [2.45, 2.75) is 276 Å². The fourth-order valence-corrected chi connectivity index (χ4v) is 16.4. The van der Waals surface area contributed by atoms with Crippen LogP contribution in [0.4, 0.5) is 0 Å². The number of methoxy groups -OCH3 is 5. The Bertz CT molecular complexity index is 3480. The molecule has 39 nitrogen and oxygen atoms in total. The van der Waals surface area contributed by atoms with Crippen molar-refractivity contribution in [3.05, 3.63) is 54.5 Å². The number of phenols is 3. The molecule has 10 aliphatic heterocycles. The smallest absolute Gasteiger partial charge is 0.342 e. The molecule has 12 rings (SSSR count). The number of carbonyl (C=O) groups is 2. The number of phenolic OH excluding ortho intramolecular Hbond substituents is 3. The monoisotopic (exact) mass is 1600 g/mol. The first-order chi connectivity index (χ1) is 51.7. The van der Waals surface area contributed by atoms with Gasteiger partial charge in [0.2, 0.25) is 0 Å². The lowest BCUT2D eigenvalue weighted by Crippen LogP contribution is -2.66. The van der Waals surface area contributed by atoms with Gasteiger partial charge >= 0.3 is 17.9 Å². The van der Waals surface area contributed by atoms with E-state index in [0.717, 1.165) is 6.07 Å². The van der Waals surface area contributed by atoms with Gasteiger partial charge in [-0.2, -0.15) is 0 Å². The highest BCUT2D eigenvalue weighted by Crippen LogP contribution is 2.50. The van der Waals surface area contributed by atoms with E-state index in [1.54, 1.807) is 34.6 Å². The number of aliphatic hydroxyl groups excluding tert-OH is 5. The summed E-state index contributed by atoms with van der Waals surface area (Å²) in [4.78, 5) is 39.7. The second kappa shape index (κ2) is 34.1. The summed E-state index contributed by atoms with van der Waals surface area (Å²) in [6.07, 6.45) is -38.6. The van der Waals surface area contributed by atoms with Crippen LogP contribution in [0.1, 0.15) is 92.6 Å². The second-order valence-corrected chi connectivity index (χ2v) is 29.3. The van der Waals surface area contributed by atoms with E-state index in [1.165, 1.54) is 62.4 Å². The number of fused-ring (bicyclic) bond motifs is 3. The van der Waals surface area contributed by atoms with E-state index < -0.39 is 243 Å². The highest BCUT2D eigenvalue weighted by atomic mass is 35.5. The lowest BCUT2D eigenvalue weighted by molar-refractivity contribution is -0.595. The van der Waals surface area contributed by atoms with E-state index in [0.29, 0.717) is 0 Å². The van der Waals surface area contributed by atoms with E-state index in [1.807, 2.05) is 0 Å². The molecule has 10 aliphatic rings. The van der Waals surface area contributed by atoms with E-state index >= 15 is 0 Å². The van der Waals surface area contributed by atoms with Crippen molar-refractivity contribution in [1.29, 1.82) is 0 Å². The average molecular weight is 1610 g/mol. The zero-order valence-corrected chi connectivity index (χ0v) is 63.2. The standard InChI is InChI=1S/C68H95Cl2NO38/c1-24-14-31(72)15-32(73)40(24)60(79)99-36-21-94-68(59-54(36)90-22-92-59)107-37-20-89-63(46(77)53(37)109-68)104-65-57(87-12)45(76)52(35(100-65)19-84-9)103-64-47(78)56(50(85-10)27(4)97-64)91-23-93-62(81)51-29(6)106-67(108-51)17-33(74)48(28(5)105-67)101-38-16-34(98-39-18-66(8,71(82)83)58(88-13)30(7)96-39)49(26(3)95-38)102-61(80)41-25(2)42(69)44(75)43(70)55(41)86-11/h14-15,26-30,33-39,45-54,56-59,62-65,72-78,81H,16-23H2,1-13H3/t26-,27-,28-,29?,30+,33-,34-,35+,36+,37-,38+,39+,45-,46-,47-,48-,49-,50+,51?,52+,53-,54-,56-,57-,58+,59-,62?,63+,64+,65-,66+,67+,68?/m1/s1. The third kappa shape index (κ3) is 16.4. The summed E-state index contributed by atoms with van der Waals surface area (Å²) in [7, 11) is 6.53. The number of ether oxygens (including phenoxy) is 26. The molecule has 109 heavy (non-hydrogen) atoms. The predicted molar refractivity (Wildman–Crippen MR) is 356 cm³/mol.